The molecule has 0 atom stereocenters. The third-order valence-corrected chi connectivity index (χ3v) is 4.19. The van der Waals surface area contributed by atoms with Crippen molar-refractivity contribution in [3.8, 4) is 11.5 Å². The Balaban J connectivity index is 1.69. The second-order valence-corrected chi connectivity index (χ2v) is 6.06. The fraction of sp³-hybridized carbons (Fsp3) is 0.238. The van der Waals surface area contributed by atoms with Crippen LogP contribution in [-0.2, 0) is 17.8 Å². The molecule has 4 heteroatoms. The van der Waals surface area contributed by atoms with E-state index in [9.17, 15) is 4.79 Å². The van der Waals surface area contributed by atoms with Gasteiger partial charge >= 0.3 is 0 Å². The summed E-state index contributed by atoms with van der Waals surface area (Å²) in [6.45, 7) is 4.75. The molecule has 2 aromatic carbocycles. The van der Waals surface area contributed by atoms with Gasteiger partial charge in [0.05, 0.1) is 5.69 Å². The van der Waals surface area contributed by atoms with Crippen molar-refractivity contribution in [3.63, 3.8) is 0 Å². The summed E-state index contributed by atoms with van der Waals surface area (Å²) >= 11 is 0. The van der Waals surface area contributed by atoms with E-state index < -0.39 is 0 Å². The van der Waals surface area contributed by atoms with E-state index in [1.54, 1.807) is 6.92 Å². The van der Waals surface area contributed by atoms with Crippen molar-refractivity contribution < 1.29 is 9.21 Å². The van der Waals surface area contributed by atoms with Crippen molar-refractivity contribution in [2.45, 2.75) is 26.8 Å². The highest BCUT2D eigenvalue weighted by atomic mass is 16.4. The molecule has 3 aromatic rings. The molecular weight excluding hydrogens is 312 g/mol. The molecule has 0 saturated carbocycles. The number of aromatic nitrogens is 1. The molecule has 0 N–H and O–H groups in total. The minimum Gasteiger partial charge on any atom is -0.441 e. The largest absolute Gasteiger partial charge is 0.441 e. The van der Waals surface area contributed by atoms with Gasteiger partial charge in [0.1, 0.15) is 5.76 Å². The normalized spacial score (nSPS) is 10.6. The molecule has 0 saturated heterocycles. The van der Waals surface area contributed by atoms with Crippen LogP contribution < -0.4 is 0 Å². The molecule has 128 valence electrons. The summed E-state index contributed by atoms with van der Waals surface area (Å²) in [7, 11) is 0. The van der Waals surface area contributed by atoms with Gasteiger partial charge in [-0.1, -0.05) is 48.5 Å². The number of hydrogen-bond acceptors (Lipinski definition) is 3. The number of amides is 1. The van der Waals surface area contributed by atoms with Crippen LogP contribution in [0.2, 0.25) is 0 Å². The van der Waals surface area contributed by atoms with Gasteiger partial charge in [0.25, 0.3) is 0 Å². The Morgan fingerprint density at radius 2 is 1.68 bits per heavy atom. The molecule has 4 nitrogen and oxygen atoms in total. The molecule has 1 amide bonds. The third-order valence-electron chi connectivity index (χ3n) is 4.19. The van der Waals surface area contributed by atoms with Crippen LogP contribution in [0.3, 0.4) is 0 Å². The van der Waals surface area contributed by atoms with Gasteiger partial charge < -0.3 is 9.32 Å². The summed E-state index contributed by atoms with van der Waals surface area (Å²) in [5.41, 5.74) is 2.99. The maximum absolute atomic E-state index is 12.0. The molecule has 0 aliphatic rings. The predicted molar refractivity (Wildman–Crippen MR) is 97.9 cm³/mol. The molecule has 0 aliphatic heterocycles. The minimum atomic E-state index is 0.0632. The maximum Gasteiger partial charge on any atom is 0.226 e. The van der Waals surface area contributed by atoms with Gasteiger partial charge in [-0.2, -0.15) is 0 Å². The van der Waals surface area contributed by atoms with Gasteiger partial charge in [0.2, 0.25) is 11.8 Å². The van der Waals surface area contributed by atoms with E-state index in [1.165, 1.54) is 0 Å². The van der Waals surface area contributed by atoms with Crippen LogP contribution >= 0.6 is 0 Å². The molecule has 0 unspecified atom stereocenters. The second kappa shape index (κ2) is 7.79. The van der Waals surface area contributed by atoms with E-state index in [0.29, 0.717) is 25.4 Å². The lowest BCUT2D eigenvalue weighted by Gasteiger charge is -2.20. The first-order valence-electron chi connectivity index (χ1n) is 8.44. The van der Waals surface area contributed by atoms with Crippen LogP contribution in [0, 0.1) is 6.92 Å². The fourth-order valence-corrected chi connectivity index (χ4v) is 2.76. The zero-order valence-corrected chi connectivity index (χ0v) is 14.6. The van der Waals surface area contributed by atoms with E-state index in [0.717, 1.165) is 22.6 Å². The summed E-state index contributed by atoms with van der Waals surface area (Å²) in [4.78, 5) is 18.4. The average molecular weight is 334 g/mol. The monoisotopic (exact) mass is 334 g/mol. The number of rotatable bonds is 6. The molecule has 0 spiro atoms. The molecule has 0 bridgehead atoms. The SMILES string of the molecule is CC(=O)N(CCc1nc(-c2ccccc2)oc1C)Cc1ccccc1. The lowest BCUT2D eigenvalue weighted by atomic mass is 10.2. The summed E-state index contributed by atoms with van der Waals surface area (Å²) in [6, 6.07) is 19.9. The Morgan fingerprint density at radius 1 is 1.04 bits per heavy atom. The predicted octanol–water partition coefficient (Wildman–Crippen LogP) is 4.24. The summed E-state index contributed by atoms with van der Waals surface area (Å²) in [6.07, 6.45) is 0.675. The summed E-state index contributed by atoms with van der Waals surface area (Å²) in [5.74, 6) is 1.50. The van der Waals surface area contributed by atoms with Crippen LogP contribution in [0.1, 0.15) is 23.9 Å². The van der Waals surface area contributed by atoms with Gasteiger partial charge in [-0.25, -0.2) is 4.98 Å². The number of carbonyl (C=O) groups excluding carboxylic acids is 1. The van der Waals surface area contributed by atoms with Crippen molar-refractivity contribution >= 4 is 5.91 Å². The maximum atomic E-state index is 12.0. The van der Waals surface area contributed by atoms with Crippen LogP contribution in [0.25, 0.3) is 11.5 Å². The Morgan fingerprint density at radius 3 is 2.32 bits per heavy atom. The molecule has 0 aliphatic carbocycles. The fourth-order valence-electron chi connectivity index (χ4n) is 2.76. The number of nitrogens with zero attached hydrogens (tertiary/aromatic N) is 2. The molecule has 1 aromatic heterocycles. The number of benzene rings is 2. The van der Waals surface area contributed by atoms with Crippen molar-refractivity contribution in [3.05, 3.63) is 77.7 Å². The van der Waals surface area contributed by atoms with Crippen LogP contribution in [0.5, 0.6) is 0 Å². The zero-order valence-electron chi connectivity index (χ0n) is 14.6. The van der Waals surface area contributed by atoms with E-state index >= 15 is 0 Å². The third kappa shape index (κ3) is 4.35. The van der Waals surface area contributed by atoms with Crippen LogP contribution in [-0.4, -0.2) is 22.3 Å². The Hall–Kier alpha value is -2.88. The van der Waals surface area contributed by atoms with Gasteiger partial charge in [0.15, 0.2) is 0 Å². The molecule has 25 heavy (non-hydrogen) atoms. The minimum absolute atomic E-state index is 0.0632. The van der Waals surface area contributed by atoms with Gasteiger partial charge in [-0.15, -0.1) is 0 Å². The van der Waals surface area contributed by atoms with E-state index in [4.69, 9.17) is 4.42 Å². The van der Waals surface area contributed by atoms with E-state index in [2.05, 4.69) is 4.98 Å². The first-order chi connectivity index (χ1) is 12.1. The van der Waals surface area contributed by atoms with Gasteiger partial charge in [0, 0.05) is 32.0 Å². The summed E-state index contributed by atoms with van der Waals surface area (Å²) in [5, 5.41) is 0. The van der Waals surface area contributed by atoms with E-state index in [-0.39, 0.29) is 5.91 Å². The Kier molecular flexibility index (Phi) is 5.29. The number of hydrogen-bond donors (Lipinski definition) is 0. The van der Waals surface area contributed by atoms with Crippen molar-refractivity contribution in [2.24, 2.45) is 0 Å². The molecule has 0 radical (unpaired) electrons. The highest BCUT2D eigenvalue weighted by Gasteiger charge is 2.14. The van der Waals surface area contributed by atoms with Crippen molar-refractivity contribution in [2.75, 3.05) is 6.54 Å². The molecule has 3 rings (SSSR count). The number of carbonyl (C=O) groups is 1. The quantitative estimate of drug-likeness (QED) is 0.677. The lowest BCUT2D eigenvalue weighted by Crippen LogP contribution is -2.30. The number of oxazole rings is 1. The van der Waals surface area contributed by atoms with Crippen molar-refractivity contribution in [1.29, 1.82) is 0 Å². The topological polar surface area (TPSA) is 46.3 Å². The molecular formula is C21H22N2O2. The first-order valence-corrected chi connectivity index (χ1v) is 8.44. The van der Waals surface area contributed by atoms with E-state index in [1.807, 2.05) is 72.5 Å². The Bertz CT molecular complexity index is 826. The summed E-state index contributed by atoms with van der Waals surface area (Å²) < 4.78 is 5.80. The average Bonchev–Trinajstić information content (AvgIpc) is 3.01. The number of aryl methyl sites for hydroxylation is 1. The highest BCUT2D eigenvalue weighted by molar-refractivity contribution is 5.73. The van der Waals surface area contributed by atoms with Crippen LogP contribution in [0.4, 0.5) is 0 Å². The smallest absolute Gasteiger partial charge is 0.226 e. The van der Waals surface area contributed by atoms with Gasteiger partial charge in [-0.3, -0.25) is 4.79 Å². The first kappa shape index (κ1) is 17.0. The van der Waals surface area contributed by atoms with Gasteiger partial charge in [-0.05, 0) is 24.6 Å². The lowest BCUT2D eigenvalue weighted by molar-refractivity contribution is -0.129. The van der Waals surface area contributed by atoms with Crippen molar-refractivity contribution in [1.82, 2.24) is 9.88 Å². The highest BCUT2D eigenvalue weighted by Crippen LogP contribution is 2.22. The van der Waals surface area contributed by atoms with Crippen LogP contribution in [0.15, 0.2) is 65.1 Å². The second-order valence-electron chi connectivity index (χ2n) is 6.06. The standard InChI is InChI=1S/C21H22N2O2/c1-16-20(22-21(25-16)19-11-7-4-8-12-19)13-14-23(17(2)24)15-18-9-5-3-6-10-18/h3-12H,13-15H2,1-2H3. The molecule has 0 fully saturated rings. The zero-order chi connectivity index (χ0) is 17.6. The Labute approximate surface area is 148 Å². The molecule has 1 heterocycles.